The van der Waals surface area contributed by atoms with E-state index in [1.165, 1.54) is 11.1 Å². The molecule has 0 bridgehead atoms. The van der Waals surface area contributed by atoms with Crippen molar-refractivity contribution in [3.05, 3.63) is 35.4 Å². The van der Waals surface area contributed by atoms with Crippen molar-refractivity contribution in [1.82, 2.24) is 5.32 Å². The van der Waals surface area contributed by atoms with E-state index in [-0.39, 0.29) is 0 Å². The third-order valence-corrected chi connectivity index (χ3v) is 2.78. The van der Waals surface area contributed by atoms with E-state index in [1.54, 1.807) is 0 Å². The molecule has 0 aliphatic carbocycles. The number of aliphatic hydroxyl groups excluding tert-OH is 1. The van der Waals surface area contributed by atoms with Crippen LogP contribution >= 0.6 is 0 Å². The van der Waals surface area contributed by atoms with Gasteiger partial charge in [0.25, 0.3) is 0 Å². The first-order chi connectivity index (χ1) is 7.86. The van der Waals surface area contributed by atoms with Crippen LogP contribution in [0.5, 0.6) is 0 Å². The molecule has 0 spiro atoms. The Morgan fingerprint density at radius 1 is 1.00 bits per heavy atom. The van der Waals surface area contributed by atoms with Gasteiger partial charge >= 0.3 is 0 Å². The Hall–Kier alpha value is -0.860. The first kappa shape index (κ1) is 13.2. The van der Waals surface area contributed by atoms with Gasteiger partial charge in [-0.25, -0.2) is 0 Å². The minimum atomic E-state index is 0.306. The summed E-state index contributed by atoms with van der Waals surface area (Å²) in [4.78, 5) is 0. The van der Waals surface area contributed by atoms with E-state index in [0.29, 0.717) is 6.61 Å². The zero-order valence-electron chi connectivity index (χ0n) is 10.2. The molecule has 0 saturated carbocycles. The average molecular weight is 221 g/mol. The molecule has 0 heterocycles. The van der Waals surface area contributed by atoms with Gasteiger partial charge in [-0.05, 0) is 49.9 Å². The van der Waals surface area contributed by atoms with E-state index < -0.39 is 0 Å². The monoisotopic (exact) mass is 221 g/mol. The van der Waals surface area contributed by atoms with Crippen LogP contribution in [0.3, 0.4) is 0 Å². The summed E-state index contributed by atoms with van der Waals surface area (Å²) < 4.78 is 0. The number of unbranched alkanes of at least 4 members (excludes halogenated alkanes) is 1. The van der Waals surface area contributed by atoms with Gasteiger partial charge in [0, 0.05) is 6.61 Å². The van der Waals surface area contributed by atoms with Crippen molar-refractivity contribution in [1.29, 1.82) is 0 Å². The van der Waals surface area contributed by atoms with Gasteiger partial charge in [0.2, 0.25) is 0 Å². The fraction of sp³-hybridized carbons (Fsp3) is 0.571. The van der Waals surface area contributed by atoms with Gasteiger partial charge in [0.15, 0.2) is 0 Å². The van der Waals surface area contributed by atoms with Crippen LogP contribution in [0.25, 0.3) is 0 Å². The number of nitrogens with one attached hydrogen (secondary N) is 1. The smallest absolute Gasteiger partial charge is 0.0431 e. The molecule has 2 nitrogen and oxygen atoms in total. The Balaban J connectivity index is 2.12. The highest BCUT2D eigenvalue weighted by molar-refractivity contribution is 5.22. The highest BCUT2D eigenvalue weighted by Crippen LogP contribution is 2.05. The van der Waals surface area contributed by atoms with Crippen molar-refractivity contribution >= 4 is 0 Å². The Kier molecular flexibility index (Phi) is 6.86. The van der Waals surface area contributed by atoms with E-state index in [4.69, 9.17) is 5.11 Å². The molecule has 0 radical (unpaired) electrons. The first-order valence-corrected chi connectivity index (χ1v) is 6.26. The van der Waals surface area contributed by atoms with Crippen molar-refractivity contribution in [3.8, 4) is 0 Å². The van der Waals surface area contributed by atoms with Crippen LogP contribution in [-0.4, -0.2) is 24.8 Å². The van der Waals surface area contributed by atoms with Crippen molar-refractivity contribution in [2.45, 2.75) is 32.6 Å². The van der Waals surface area contributed by atoms with Gasteiger partial charge in [0.1, 0.15) is 0 Å². The van der Waals surface area contributed by atoms with Crippen molar-refractivity contribution in [3.63, 3.8) is 0 Å². The summed E-state index contributed by atoms with van der Waals surface area (Å²) in [5.41, 5.74) is 2.80. The summed E-state index contributed by atoms with van der Waals surface area (Å²) in [6.45, 7) is 4.52. The molecule has 2 heteroatoms. The Bertz CT molecular complexity index is 269. The van der Waals surface area contributed by atoms with Crippen LogP contribution in [0.4, 0.5) is 0 Å². The van der Waals surface area contributed by atoms with Gasteiger partial charge in [0.05, 0.1) is 0 Å². The van der Waals surface area contributed by atoms with E-state index >= 15 is 0 Å². The lowest BCUT2D eigenvalue weighted by molar-refractivity contribution is 0.284. The number of hydrogen-bond donors (Lipinski definition) is 2. The molecule has 0 atom stereocenters. The van der Waals surface area contributed by atoms with Crippen molar-refractivity contribution in [2.24, 2.45) is 0 Å². The van der Waals surface area contributed by atoms with Crippen LogP contribution in [0.15, 0.2) is 24.3 Å². The largest absolute Gasteiger partial charge is 0.396 e. The number of rotatable bonds is 8. The molecule has 90 valence electrons. The average Bonchev–Trinajstić information content (AvgIpc) is 2.34. The number of hydrogen-bond acceptors (Lipinski definition) is 2. The van der Waals surface area contributed by atoms with E-state index in [2.05, 4.69) is 36.5 Å². The molecular formula is C14H23NO. The molecule has 0 aromatic heterocycles. The number of aliphatic hydroxyl groups is 1. The summed E-state index contributed by atoms with van der Waals surface area (Å²) in [6.07, 6.45) is 4.16. The Morgan fingerprint density at radius 3 is 2.31 bits per heavy atom. The summed E-state index contributed by atoms with van der Waals surface area (Å²) in [5.74, 6) is 0. The highest BCUT2D eigenvalue weighted by atomic mass is 16.2. The van der Waals surface area contributed by atoms with Crippen molar-refractivity contribution < 1.29 is 5.11 Å². The molecule has 1 aromatic carbocycles. The Morgan fingerprint density at radius 2 is 1.69 bits per heavy atom. The molecule has 0 fully saturated rings. The quantitative estimate of drug-likeness (QED) is 0.659. The SMILES string of the molecule is CCc1ccc(CCNCCCCO)cc1. The lowest BCUT2D eigenvalue weighted by atomic mass is 10.1. The summed E-state index contributed by atoms with van der Waals surface area (Å²) in [6, 6.07) is 8.85. The summed E-state index contributed by atoms with van der Waals surface area (Å²) in [7, 11) is 0. The predicted molar refractivity (Wildman–Crippen MR) is 68.7 cm³/mol. The molecule has 1 rings (SSSR count). The molecule has 0 aliphatic heterocycles. The topological polar surface area (TPSA) is 32.3 Å². The van der Waals surface area contributed by atoms with Crippen molar-refractivity contribution in [2.75, 3.05) is 19.7 Å². The zero-order chi connectivity index (χ0) is 11.6. The Labute approximate surface area is 98.7 Å². The third-order valence-electron chi connectivity index (χ3n) is 2.78. The van der Waals surface area contributed by atoms with Crippen LogP contribution in [0, 0.1) is 0 Å². The van der Waals surface area contributed by atoms with E-state index in [0.717, 1.165) is 38.8 Å². The van der Waals surface area contributed by atoms with E-state index in [1.807, 2.05) is 0 Å². The van der Waals surface area contributed by atoms with Crippen LogP contribution < -0.4 is 5.32 Å². The molecule has 0 saturated heterocycles. The van der Waals surface area contributed by atoms with Crippen LogP contribution in [0.2, 0.25) is 0 Å². The molecule has 0 amide bonds. The summed E-state index contributed by atoms with van der Waals surface area (Å²) >= 11 is 0. The van der Waals surface area contributed by atoms with E-state index in [9.17, 15) is 0 Å². The maximum atomic E-state index is 8.62. The second kappa shape index (κ2) is 8.31. The lowest BCUT2D eigenvalue weighted by Gasteiger charge is -2.05. The van der Waals surface area contributed by atoms with Gasteiger partial charge in [-0.1, -0.05) is 31.2 Å². The normalized spacial score (nSPS) is 10.6. The predicted octanol–water partition coefficient (Wildman–Crippen LogP) is 2.15. The lowest BCUT2D eigenvalue weighted by Crippen LogP contribution is -2.18. The molecule has 16 heavy (non-hydrogen) atoms. The molecule has 2 N–H and O–H groups in total. The zero-order valence-corrected chi connectivity index (χ0v) is 10.2. The number of aryl methyl sites for hydroxylation is 1. The maximum Gasteiger partial charge on any atom is 0.0431 e. The molecule has 1 aromatic rings. The standard InChI is InChI=1S/C14H23NO/c1-2-13-5-7-14(8-6-13)9-11-15-10-3-4-12-16/h5-8,15-16H,2-4,9-12H2,1H3. The maximum absolute atomic E-state index is 8.62. The fourth-order valence-corrected chi connectivity index (χ4v) is 1.66. The molecular weight excluding hydrogens is 198 g/mol. The molecule has 0 unspecified atom stereocenters. The number of benzene rings is 1. The first-order valence-electron chi connectivity index (χ1n) is 6.26. The van der Waals surface area contributed by atoms with Gasteiger partial charge < -0.3 is 10.4 Å². The van der Waals surface area contributed by atoms with Gasteiger partial charge in [-0.2, -0.15) is 0 Å². The minimum Gasteiger partial charge on any atom is -0.396 e. The third kappa shape index (κ3) is 5.29. The van der Waals surface area contributed by atoms with Gasteiger partial charge in [-0.3, -0.25) is 0 Å². The minimum absolute atomic E-state index is 0.306. The second-order valence-electron chi connectivity index (χ2n) is 4.10. The highest BCUT2D eigenvalue weighted by Gasteiger charge is 1.93. The van der Waals surface area contributed by atoms with Crippen LogP contribution in [-0.2, 0) is 12.8 Å². The fourth-order valence-electron chi connectivity index (χ4n) is 1.66. The van der Waals surface area contributed by atoms with Gasteiger partial charge in [-0.15, -0.1) is 0 Å². The molecule has 0 aliphatic rings. The second-order valence-corrected chi connectivity index (χ2v) is 4.10. The van der Waals surface area contributed by atoms with Crippen LogP contribution in [0.1, 0.15) is 30.9 Å². The summed E-state index contributed by atoms with van der Waals surface area (Å²) in [5, 5.41) is 12.0.